The summed E-state index contributed by atoms with van der Waals surface area (Å²) in [6.07, 6.45) is 0. The van der Waals surface area contributed by atoms with E-state index in [1.54, 1.807) is 12.1 Å². The Morgan fingerprint density at radius 1 is 1.26 bits per heavy atom. The fraction of sp³-hybridized carbons (Fsp3) is 0.0769. The topological polar surface area (TPSA) is 59.2 Å². The van der Waals surface area contributed by atoms with E-state index in [9.17, 15) is 5.11 Å². The summed E-state index contributed by atoms with van der Waals surface area (Å²) in [5, 5.41) is 13.7. The van der Waals surface area contributed by atoms with E-state index < -0.39 is 0 Å². The van der Waals surface area contributed by atoms with Crippen molar-refractivity contribution < 1.29 is 9.63 Å². The largest absolute Gasteiger partial charge is 0.508 e. The first-order valence-corrected chi connectivity index (χ1v) is 7.14. The number of nitrogens with zero attached hydrogens (tertiary/aromatic N) is 2. The summed E-state index contributed by atoms with van der Waals surface area (Å²) < 4.78 is 6.29. The quantitative estimate of drug-likeness (QED) is 0.760. The SMILES string of the molecule is Cc1c(O)cccc1-c1nc(-c2ccc(Br)s2)no1. The van der Waals surface area contributed by atoms with Crippen LogP contribution in [0, 0.1) is 6.92 Å². The minimum absolute atomic E-state index is 0.219. The zero-order valence-electron chi connectivity index (χ0n) is 9.92. The summed E-state index contributed by atoms with van der Waals surface area (Å²) in [6, 6.07) is 9.10. The van der Waals surface area contributed by atoms with Gasteiger partial charge in [-0.15, -0.1) is 11.3 Å². The molecule has 0 atom stereocenters. The van der Waals surface area contributed by atoms with Gasteiger partial charge in [0, 0.05) is 11.1 Å². The fourth-order valence-corrected chi connectivity index (χ4v) is 3.03. The van der Waals surface area contributed by atoms with Crippen LogP contribution in [0.15, 0.2) is 38.6 Å². The molecule has 0 radical (unpaired) electrons. The lowest BCUT2D eigenvalue weighted by Gasteiger charge is -2.01. The van der Waals surface area contributed by atoms with Crippen LogP contribution in [0.2, 0.25) is 0 Å². The van der Waals surface area contributed by atoms with E-state index >= 15 is 0 Å². The lowest BCUT2D eigenvalue weighted by atomic mass is 10.1. The Labute approximate surface area is 121 Å². The molecule has 0 aliphatic heterocycles. The number of aromatic nitrogens is 2. The number of aromatic hydroxyl groups is 1. The van der Waals surface area contributed by atoms with E-state index in [1.807, 2.05) is 25.1 Å². The Kier molecular flexibility index (Phi) is 3.12. The van der Waals surface area contributed by atoms with Crippen molar-refractivity contribution in [2.45, 2.75) is 6.92 Å². The van der Waals surface area contributed by atoms with Crippen molar-refractivity contribution in [3.05, 3.63) is 39.7 Å². The van der Waals surface area contributed by atoms with Gasteiger partial charge >= 0.3 is 0 Å². The van der Waals surface area contributed by atoms with Crippen LogP contribution in [0.1, 0.15) is 5.56 Å². The van der Waals surface area contributed by atoms with Gasteiger partial charge in [-0.1, -0.05) is 11.2 Å². The Hall–Kier alpha value is -1.66. The number of thiophene rings is 1. The van der Waals surface area contributed by atoms with Crippen molar-refractivity contribution in [3.8, 4) is 27.9 Å². The van der Waals surface area contributed by atoms with Crippen LogP contribution in [0.25, 0.3) is 22.2 Å². The molecule has 2 aromatic heterocycles. The fourth-order valence-electron chi connectivity index (χ4n) is 1.72. The van der Waals surface area contributed by atoms with Crippen LogP contribution in [0.5, 0.6) is 5.75 Å². The van der Waals surface area contributed by atoms with Crippen LogP contribution in [0.4, 0.5) is 0 Å². The Balaban J connectivity index is 2.04. The normalized spacial score (nSPS) is 10.8. The van der Waals surface area contributed by atoms with Crippen LogP contribution in [0.3, 0.4) is 0 Å². The van der Waals surface area contributed by atoms with E-state index in [2.05, 4.69) is 26.1 Å². The number of phenolic OH excluding ortho intramolecular Hbond substituents is 1. The molecule has 3 rings (SSSR count). The second-order valence-electron chi connectivity index (χ2n) is 3.98. The van der Waals surface area contributed by atoms with E-state index in [0.717, 1.165) is 19.8 Å². The summed E-state index contributed by atoms with van der Waals surface area (Å²) in [5.74, 6) is 1.18. The summed E-state index contributed by atoms with van der Waals surface area (Å²) in [4.78, 5) is 5.30. The standard InChI is InChI=1S/C13H9BrN2O2S/c1-7-8(3-2-4-9(7)17)13-15-12(16-18-13)10-5-6-11(14)19-10/h2-6,17H,1H3. The van der Waals surface area contributed by atoms with Gasteiger partial charge in [0.15, 0.2) is 0 Å². The van der Waals surface area contributed by atoms with Crippen LogP contribution >= 0.6 is 27.3 Å². The molecule has 4 nitrogen and oxygen atoms in total. The maximum absolute atomic E-state index is 9.69. The third-order valence-corrected chi connectivity index (χ3v) is 4.37. The lowest BCUT2D eigenvalue weighted by Crippen LogP contribution is -1.84. The molecule has 0 amide bonds. The minimum Gasteiger partial charge on any atom is -0.508 e. The number of benzene rings is 1. The molecule has 1 aromatic carbocycles. The number of hydrogen-bond donors (Lipinski definition) is 1. The molecule has 1 N–H and O–H groups in total. The van der Waals surface area contributed by atoms with Gasteiger partial charge in [0.25, 0.3) is 5.89 Å². The third kappa shape index (κ3) is 2.29. The number of rotatable bonds is 2. The highest BCUT2D eigenvalue weighted by atomic mass is 79.9. The highest BCUT2D eigenvalue weighted by Crippen LogP contribution is 2.32. The Bertz CT molecular complexity index is 736. The molecule has 0 fully saturated rings. The molecule has 0 spiro atoms. The highest BCUT2D eigenvalue weighted by molar-refractivity contribution is 9.11. The summed E-state index contributed by atoms with van der Waals surface area (Å²) in [6.45, 7) is 1.82. The first-order chi connectivity index (χ1) is 9.15. The molecule has 3 aromatic rings. The molecule has 6 heteroatoms. The van der Waals surface area contributed by atoms with Crippen molar-refractivity contribution >= 4 is 27.3 Å². The van der Waals surface area contributed by atoms with E-state index in [4.69, 9.17) is 4.52 Å². The van der Waals surface area contributed by atoms with Crippen molar-refractivity contribution in [2.75, 3.05) is 0 Å². The molecular formula is C13H9BrN2O2S. The zero-order chi connectivity index (χ0) is 13.4. The molecule has 19 heavy (non-hydrogen) atoms. The molecule has 2 heterocycles. The molecule has 0 bridgehead atoms. The van der Waals surface area contributed by atoms with Crippen molar-refractivity contribution in [3.63, 3.8) is 0 Å². The average molecular weight is 337 g/mol. The molecule has 0 saturated carbocycles. The van der Waals surface area contributed by atoms with Gasteiger partial charge in [-0.25, -0.2) is 0 Å². The molecule has 0 aliphatic carbocycles. The van der Waals surface area contributed by atoms with E-state index in [-0.39, 0.29) is 5.75 Å². The van der Waals surface area contributed by atoms with Crippen LogP contribution < -0.4 is 0 Å². The van der Waals surface area contributed by atoms with E-state index in [1.165, 1.54) is 11.3 Å². The zero-order valence-corrected chi connectivity index (χ0v) is 12.3. The molecule has 96 valence electrons. The van der Waals surface area contributed by atoms with Crippen molar-refractivity contribution in [1.29, 1.82) is 0 Å². The first-order valence-electron chi connectivity index (χ1n) is 5.53. The van der Waals surface area contributed by atoms with Crippen LogP contribution in [-0.2, 0) is 0 Å². The van der Waals surface area contributed by atoms with E-state index in [0.29, 0.717) is 11.7 Å². The highest BCUT2D eigenvalue weighted by Gasteiger charge is 2.15. The van der Waals surface area contributed by atoms with Crippen molar-refractivity contribution in [2.24, 2.45) is 0 Å². The maximum Gasteiger partial charge on any atom is 0.258 e. The molecule has 0 unspecified atom stereocenters. The Morgan fingerprint density at radius 3 is 2.84 bits per heavy atom. The second-order valence-corrected chi connectivity index (χ2v) is 6.44. The monoisotopic (exact) mass is 336 g/mol. The minimum atomic E-state index is 0.219. The third-order valence-electron chi connectivity index (χ3n) is 2.76. The van der Waals surface area contributed by atoms with Crippen LogP contribution in [-0.4, -0.2) is 15.2 Å². The van der Waals surface area contributed by atoms with Gasteiger partial charge in [0.05, 0.1) is 8.66 Å². The van der Waals surface area contributed by atoms with Gasteiger partial charge in [-0.3, -0.25) is 0 Å². The van der Waals surface area contributed by atoms with Gasteiger partial charge in [0.2, 0.25) is 5.82 Å². The molecule has 0 saturated heterocycles. The summed E-state index contributed by atoms with van der Waals surface area (Å²) >= 11 is 4.94. The Morgan fingerprint density at radius 2 is 2.11 bits per heavy atom. The number of hydrogen-bond acceptors (Lipinski definition) is 5. The predicted octanol–water partition coefficient (Wildman–Crippen LogP) is 4.24. The number of phenols is 1. The lowest BCUT2D eigenvalue weighted by molar-refractivity contribution is 0.431. The predicted molar refractivity (Wildman–Crippen MR) is 77.1 cm³/mol. The van der Waals surface area contributed by atoms with Gasteiger partial charge in [-0.2, -0.15) is 4.98 Å². The second kappa shape index (κ2) is 4.79. The number of halogens is 1. The summed E-state index contributed by atoms with van der Waals surface area (Å²) in [5.41, 5.74) is 1.47. The molecule has 0 aliphatic rings. The van der Waals surface area contributed by atoms with Crippen molar-refractivity contribution in [1.82, 2.24) is 10.1 Å². The van der Waals surface area contributed by atoms with Gasteiger partial charge in [-0.05, 0) is 47.1 Å². The van der Waals surface area contributed by atoms with Gasteiger partial charge < -0.3 is 9.63 Å². The molecular weight excluding hydrogens is 328 g/mol. The first kappa shape index (κ1) is 12.4. The maximum atomic E-state index is 9.69. The van der Waals surface area contributed by atoms with Gasteiger partial charge in [0.1, 0.15) is 5.75 Å². The summed E-state index contributed by atoms with van der Waals surface area (Å²) in [7, 11) is 0. The smallest absolute Gasteiger partial charge is 0.258 e. The average Bonchev–Trinajstić information content (AvgIpc) is 3.01.